The van der Waals surface area contributed by atoms with Gasteiger partial charge in [0.25, 0.3) is 0 Å². The molecule has 0 unspecified atom stereocenters. The molecule has 1 rings (SSSR count). The number of hydrogen-bond donors (Lipinski definition) is 2. The van der Waals surface area contributed by atoms with E-state index in [0.717, 1.165) is 0 Å². The largest absolute Gasteiger partial charge is 0.507 e. The predicted octanol–water partition coefficient (Wildman–Crippen LogP) is 2.22. The van der Waals surface area contributed by atoms with E-state index in [2.05, 4.69) is 0 Å². The highest BCUT2D eigenvalue weighted by Crippen LogP contribution is 2.25. The topological polar surface area (TPSA) is 57.5 Å². The van der Waals surface area contributed by atoms with Crippen molar-refractivity contribution in [2.75, 3.05) is 0 Å². The van der Waals surface area contributed by atoms with Crippen LogP contribution in [0.1, 0.15) is 35.3 Å². The van der Waals surface area contributed by atoms with Gasteiger partial charge in [-0.15, -0.1) is 0 Å². The first-order chi connectivity index (χ1) is 6.60. The summed E-state index contributed by atoms with van der Waals surface area (Å²) in [6.07, 6.45) is 1.28. The molecule has 0 radical (unpaired) electrons. The molecule has 3 nitrogen and oxygen atoms in total. The molecule has 76 valence electrons. The lowest BCUT2D eigenvalue weighted by Gasteiger charge is -2.08. The number of carboxylic acids is 1. The lowest BCUT2D eigenvalue weighted by atomic mass is 10.0. The maximum absolute atomic E-state index is 10.8. The van der Waals surface area contributed by atoms with E-state index < -0.39 is 5.97 Å². The third-order valence-electron chi connectivity index (χ3n) is 2.28. The first-order valence-corrected chi connectivity index (χ1v) is 4.68. The highest BCUT2D eigenvalue weighted by molar-refractivity contribution is 5.88. The van der Waals surface area contributed by atoms with Crippen LogP contribution in [0.4, 0.5) is 0 Å². The van der Waals surface area contributed by atoms with Gasteiger partial charge < -0.3 is 10.2 Å². The molecule has 0 atom stereocenters. The standard InChI is InChI=1S/C11H14O3/c1-3-7-5-9(11(13)14)6-8(4-2)10(7)12/h5-6,12H,3-4H2,1-2H3,(H,13,14). The van der Waals surface area contributed by atoms with Gasteiger partial charge in [-0.2, -0.15) is 0 Å². The number of phenolic OH excluding ortho intramolecular Hbond substituents is 1. The van der Waals surface area contributed by atoms with Gasteiger partial charge in [-0.25, -0.2) is 4.79 Å². The number of aromatic carboxylic acids is 1. The van der Waals surface area contributed by atoms with Gasteiger partial charge in [-0.05, 0) is 36.1 Å². The van der Waals surface area contributed by atoms with Crippen LogP contribution in [0.25, 0.3) is 0 Å². The zero-order valence-electron chi connectivity index (χ0n) is 8.37. The third-order valence-corrected chi connectivity index (χ3v) is 2.28. The molecule has 0 spiro atoms. The minimum absolute atomic E-state index is 0.236. The van der Waals surface area contributed by atoms with Crippen molar-refractivity contribution in [2.45, 2.75) is 26.7 Å². The summed E-state index contributed by atoms with van der Waals surface area (Å²) in [7, 11) is 0. The quantitative estimate of drug-likeness (QED) is 0.775. The van der Waals surface area contributed by atoms with Gasteiger partial charge in [0.2, 0.25) is 0 Å². The number of benzene rings is 1. The average Bonchev–Trinajstić information content (AvgIpc) is 2.17. The fourth-order valence-electron chi connectivity index (χ4n) is 1.42. The van der Waals surface area contributed by atoms with Crippen LogP contribution in [-0.4, -0.2) is 16.2 Å². The first kappa shape index (κ1) is 10.6. The molecule has 0 aliphatic rings. The summed E-state index contributed by atoms with van der Waals surface area (Å²) in [5.74, 6) is -0.714. The van der Waals surface area contributed by atoms with E-state index in [-0.39, 0.29) is 11.3 Å². The molecule has 0 saturated heterocycles. The third kappa shape index (κ3) is 1.87. The van der Waals surface area contributed by atoms with Crippen molar-refractivity contribution >= 4 is 5.97 Å². The van der Waals surface area contributed by atoms with E-state index >= 15 is 0 Å². The highest BCUT2D eigenvalue weighted by atomic mass is 16.4. The van der Waals surface area contributed by atoms with Crippen molar-refractivity contribution in [1.29, 1.82) is 0 Å². The number of rotatable bonds is 3. The summed E-state index contributed by atoms with van der Waals surface area (Å²) in [6.45, 7) is 3.78. The van der Waals surface area contributed by atoms with Gasteiger partial charge in [0.15, 0.2) is 0 Å². The summed E-state index contributed by atoms with van der Waals surface area (Å²) in [5.41, 5.74) is 1.64. The molecule has 1 aromatic rings. The second-order valence-electron chi connectivity index (χ2n) is 3.16. The fraction of sp³-hybridized carbons (Fsp3) is 0.364. The van der Waals surface area contributed by atoms with Crippen LogP contribution >= 0.6 is 0 Å². The van der Waals surface area contributed by atoms with E-state index in [9.17, 15) is 9.90 Å². The van der Waals surface area contributed by atoms with E-state index in [4.69, 9.17) is 5.11 Å². The van der Waals surface area contributed by atoms with Gasteiger partial charge in [0, 0.05) is 0 Å². The van der Waals surface area contributed by atoms with E-state index in [1.165, 1.54) is 12.1 Å². The maximum atomic E-state index is 10.8. The van der Waals surface area contributed by atoms with Gasteiger partial charge in [-0.3, -0.25) is 0 Å². The predicted molar refractivity (Wildman–Crippen MR) is 53.8 cm³/mol. The molecule has 1 aromatic carbocycles. The molecule has 14 heavy (non-hydrogen) atoms. The minimum Gasteiger partial charge on any atom is -0.507 e. The molecule has 0 bridgehead atoms. The SMILES string of the molecule is CCc1cc(C(=O)O)cc(CC)c1O. The van der Waals surface area contributed by atoms with Crippen molar-refractivity contribution < 1.29 is 15.0 Å². The first-order valence-electron chi connectivity index (χ1n) is 4.68. The van der Waals surface area contributed by atoms with Crippen LogP contribution in [0.15, 0.2) is 12.1 Å². The Morgan fingerprint density at radius 3 is 1.93 bits per heavy atom. The normalized spacial score (nSPS) is 10.1. The Balaban J connectivity index is 3.32. The lowest BCUT2D eigenvalue weighted by molar-refractivity contribution is 0.0696. The van der Waals surface area contributed by atoms with Crippen LogP contribution < -0.4 is 0 Å². The van der Waals surface area contributed by atoms with Gasteiger partial charge >= 0.3 is 5.97 Å². The summed E-state index contributed by atoms with van der Waals surface area (Å²) in [6, 6.07) is 3.05. The van der Waals surface area contributed by atoms with Gasteiger partial charge in [0.05, 0.1) is 5.56 Å². The Bertz CT molecular complexity index is 331. The number of hydrogen-bond acceptors (Lipinski definition) is 2. The van der Waals surface area contributed by atoms with Gasteiger partial charge in [0.1, 0.15) is 5.75 Å². The maximum Gasteiger partial charge on any atom is 0.335 e. The molecule has 0 heterocycles. The number of carbonyl (C=O) groups is 1. The second-order valence-corrected chi connectivity index (χ2v) is 3.16. The van der Waals surface area contributed by atoms with Crippen molar-refractivity contribution in [3.05, 3.63) is 28.8 Å². The molecule has 0 amide bonds. The van der Waals surface area contributed by atoms with Crippen LogP contribution in [0, 0.1) is 0 Å². The van der Waals surface area contributed by atoms with Crippen molar-refractivity contribution in [2.24, 2.45) is 0 Å². The molecule has 0 fully saturated rings. The van der Waals surface area contributed by atoms with E-state index in [1.54, 1.807) is 0 Å². The number of aromatic hydroxyl groups is 1. The highest BCUT2D eigenvalue weighted by Gasteiger charge is 2.11. The number of carboxylic acid groups (broad SMARTS) is 1. The van der Waals surface area contributed by atoms with Crippen LogP contribution in [-0.2, 0) is 12.8 Å². The Morgan fingerprint density at radius 1 is 1.21 bits per heavy atom. The monoisotopic (exact) mass is 194 g/mol. The number of aryl methyl sites for hydroxylation is 2. The molecular formula is C11H14O3. The van der Waals surface area contributed by atoms with Crippen molar-refractivity contribution in [3.63, 3.8) is 0 Å². The van der Waals surface area contributed by atoms with Crippen molar-refractivity contribution in [3.8, 4) is 5.75 Å². The summed E-state index contributed by atoms with van der Waals surface area (Å²) >= 11 is 0. The Labute approximate surface area is 83.0 Å². The minimum atomic E-state index is -0.950. The smallest absolute Gasteiger partial charge is 0.335 e. The summed E-state index contributed by atoms with van der Waals surface area (Å²) in [5, 5.41) is 18.5. The molecule has 0 aromatic heterocycles. The van der Waals surface area contributed by atoms with Crippen LogP contribution in [0.5, 0.6) is 5.75 Å². The van der Waals surface area contributed by atoms with Crippen LogP contribution in [0.2, 0.25) is 0 Å². The zero-order chi connectivity index (χ0) is 10.7. The molecular weight excluding hydrogens is 180 g/mol. The van der Waals surface area contributed by atoms with Crippen LogP contribution in [0.3, 0.4) is 0 Å². The lowest BCUT2D eigenvalue weighted by Crippen LogP contribution is -2.00. The van der Waals surface area contributed by atoms with E-state index in [0.29, 0.717) is 24.0 Å². The molecule has 2 N–H and O–H groups in total. The zero-order valence-corrected chi connectivity index (χ0v) is 8.37. The summed E-state index contributed by atoms with van der Waals surface area (Å²) < 4.78 is 0. The Hall–Kier alpha value is -1.51. The fourth-order valence-corrected chi connectivity index (χ4v) is 1.42. The Morgan fingerprint density at radius 2 is 1.64 bits per heavy atom. The molecule has 3 heteroatoms. The molecule has 0 aliphatic heterocycles. The number of phenols is 1. The van der Waals surface area contributed by atoms with Crippen molar-refractivity contribution in [1.82, 2.24) is 0 Å². The van der Waals surface area contributed by atoms with Gasteiger partial charge in [-0.1, -0.05) is 13.8 Å². The molecule has 0 aliphatic carbocycles. The van der Waals surface area contributed by atoms with E-state index in [1.807, 2.05) is 13.8 Å². The molecule has 0 saturated carbocycles. The summed E-state index contributed by atoms with van der Waals surface area (Å²) in [4.78, 5) is 10.8. The average molecular weight is 194 g/mol. The Kier molecular flexibility index (Phi) is 3.12. The second kappa shape index (κ2) is 4.13.